The van der Waals surface area contributed by atoms with E-state index in [2.05, 4.69) is 20.1 Å². The Kier molecular flexibility index (Phi) is 5.99. The van der Waals surface area contributed by atoms with Gasteiger partial charge in [0.2, 0.25) is 0 Å². The lowest BCUT2D eigenvalue weighted by molar-refractivity contribution is -0.274. The number of nitrogen functional groups attached to an aromatic ring is 1. The van der Waals surface area contributed by atoms with Gasteiger partial charge in [-0.3, -0.25) is 4.68 Å². The minimum absolute atomic E-state index is 0.161. The third-order valence-electron chi connectivity index (χ3n) is 6.49. The molecule has 2 atom stereocenters. The number of rotatable bonds is 4. The lowest BCUT2D eigenvalue weighted by Gasteiger charge is -2.34. The number of hydrogen-bond acceptors (Lipinski definition) is 6. The second kappa shape index (κ2) is 9.01. The number of carbonyl (C=O) groups excluding carboxylic acids is 1. The summed E-state index contributed by atoms with van der Waals surface area (Å²) in [4.78, 5) is 18.5. The average Bonchev–Trinajstić information content (AvgIpc) is 3.47. The van der Waals surface area contributed by atoms with E-state index in [1.807, 2.05) is 37.3 Å². The van der Waals surface area contributed by atoms with Crippen molar-refractivity contribution < 1.29 is 27.4 Å². The second-order valence-electron chi connectivity index (χ2n) is 8.89. The Morgan fingerprint density at radius 2 is 2.03 bits per heavy atom. The summed E-state index contributed by atoms with van der Waals surface area (Å²) in [6.07, 6.45) is -2.99. The molecule has 2 aliphatic heterocycles. The number of anilines is 1. The maximum absolute atomic E-state index is 13.0. The zero-order chi connectivity index (χ0) is 25.5. The Hall–Kier alpha value is -3.80. The Morgan fingerprint density at radius 3 is 2.78 bits per heavy atom. The summed E-state index contributed by atoms with van der Waals surface area (Å²) in [5, 5.41) is 7.59. The van der Waals surface area contributed by atoms with Crippen LogP contribution in [-0.4, -0.2) is 51.8 Å². The molecule has 4 heterocycles. The largest absolute Gasteiger partial charge is 0.573 e. The van der Waals surface area contributed by atoms with Crippen molar-refractivity contribution in [1.82, 2.24) is 25.0 Å². The molecule has 12 heteroatoms. The smallest absolute Gasteiger partial charge is 0.402 e. The summed E-state index contributed by atoms with van der Waals surface area (Å²) in [6.45, 7) is 3.61. The standard InChI is InChI=1S/C24H25F3N6O3/c1-15(16-5-3-2-4-6-16)30-22(34)32-8-7-23(14-32)20-12-18(31-33(20)9-10-35-23)17-11-19(21(28)29-13-17)36-24(25,26)27/h2-6,11-13,15H,7-10,14H2,1H3,(H2,28,29)(H,30,34). The summed E-state index contributed by atoms with van der Waals surface area (Å²) < 4.78 is 50.2. The zero-order valence-electron chi connectivity index (χ0n) is 19.5. The Balaban J connectivity index is 1.36. The number of likely N-dealkylation sites (tertiary alicyclic amines) is 1. The van der Waals surface area contributed by atoms with E-state index in [0.717, 1.165) is 17.3 Å². The topological polar surface area (TPSA) is 108 Å². The summed E-state index contributed by atoms with van der Waals surface area (Å²) in [7, 11) is 0. The first-order chi connectivity index (χ1) is 17.1. The van der Waals surface area contributed by atoms with E-state index in [4.69, 9.17) is 10.5 Å². The summed E-state index contributed by atoms with van der Waals surface area (Å²) in [6, 6.07) is 12.2. The third kappa shape index (κ3) is 4.68. The van der Waals surface area contributed by atoms with E-state index in [1.54, 1.807) is 15.6 Å². The van der Waals surface area contributed by atoms with E-state index in [9.17, 15) is 18.0 Å². The van der Waals surface area contributed by atoms with Crippen molar-refractivity contribution in [1.29, 1.82) is 0 Å². The van der Waals surface area contributed by atoms with Crippen molar-refractivity contribution in [3.8, 4) is 17.0 Å². The molecule has 2 aliphatic rings. The highest BCUT2D eigenvalue weighted by Gasteiger charge is 2.47. The number of pyridine rings is 1. The molecule has 2 unspecified atom stereocenters. The number of nitrogens with one attached hydrogen (secondary N) is 1. The molecular formula is C24H25F3N6O3. The normalized spacial score (nSPS) is 20.3. The van der Waals surface area contributed by atoms with Gasteiger partial charge in [0.25, 0.3) is 0 Å². The highest BCUT2D eigenvalue weighted by molar-refractivity contribution is 5.75. The lowest BCUT2D eigenvalue weighted by atomic mass is 9.96. The van der Waals surface area contributed by atoms with Crippen LogP contribution in [0.1, 0.15) is 30.6 Å². The number of halogens is 3. The van der Waals surface area contributed by atoms with Gasteiger partial charge in [-0.2, -0.15) is 5.10 Å². The number of ether oxygens (including phenoxy) is 2. The van der Waals surface area contributed by atoms with Crippen LogP contribution in [0.25, 0.3) is 11.3 Å². The number of aromatic nitrogens is 3. The molecular weight excluding hydrogens is 477 g/mol. The van der Waals surface area contributed by atoms with Crippen LogP contribution in [0.3, 0.4) is 0 Å². The fourth-order valence-corrected chi connectivity index (χ4v) is 4.68. The molecule has 3 aromatic rings. The molecule has 1 saturated heterocycles. The highest BCUT2D eigenvalue weighted by Crippen LogP contribution is 2.40. The molecule has 36 heavy (non-hydrogen) atoms. The Bertz CT molecular complexity index is 1270. The molecule has 0 aliphatic carbocycles. The lowest BCUT2D eigenvalue weighted by Crippen LogP contribution is -2.44. The quantitative estimate of drug-likeness (QED) is 0.562. The van der Waals surface area contributed by atoms with Gasteiger partial charge in [-0.05, 0) is 24.6 Å². The number of nitrogens with two attached hydrogens (primary N) is 1. The van der Waals surface area contributed by atoms with E-state index >= 15 is 0 Å². The molecule has 3 N–H and O–H groups in total. The van der Waals surface area contributed by atoms with Crippen LogP contribution in [0.15, 0.2) is 48.7 Å². The third-order valence-corrected chi connectivity index (χ3v) is 6.49. The van der Waals surface area contributed by atoms with Gasteiger partial charge in [-0.1, -0.05) is 30.3 Å². The molecule has 190 valence electrons. The number of amides is 2. The first-order valence-corrected chi connectivity index (χ1v) is 11.5. The summed E-state index contributed by atoms with van der Waals surface area (Å²) in [5.41, 5.74) is 7.29. The van der Waals surface area contributed by atoms with Crippen molar-refractivity contribution in [2.75, 3.05) is 25.4 Å². The molecule has 2 amide bonds. The Labute approximate surface area is 205 Å². The van der Waals surface area contributed by atoms with Gasteiger partial charge < -0.3 is 25.4 Å². The number of benzene rings is 1. The number of nitrogens with zero attached hydrogens (tertiary/aromatic N) is 4. The fraction of sp³-hybridized carbons (Fsp3) is 0.375. The molecule has 1 aromatic carbocycles. The molecule has 0 saturated carbocycles. The van der Waals surface area contributed by atoms with Crippen LogP contribution in [0.4, 0.5) is 23.8 Å². The van der Waals surface area contributed by atoms with Crippen LogP contribution >= 0.6 is 0 Å². The number of fused-ring (bicyclic) bond motifs is 2. The van der Waals surface area contributed by atoms with Gasteiger partial charge in [0.05, 0.1) is 37.1 Å². The minimum Gasteiger partial charge on any atom is -0.402 e. The molecule has 0 bridgehead atoms. The van der Waals surface area contributed by atoms with Crippen molar-refractivity contribution in [3.63, 3.8) is 0 Å². The second-order valence-corrected chi connectivity index (χ2v) is 8.89. The van der Waals surface area contributed by atoms with Gasteiger partial charge in [-0.15, -0.1) is 13.2 Å². The number of urea groups is 1. The van der Waals surface area contributed by atoms with Gasteiger partial charge in [-0.25, -0.2) is 9.78 Å². The summed E-state index contributed by atoms with van der Waals surface area (Å²) in [5.74, 6) is -0.963. The number of carbonyl (C=O) groups is 1. The van der Waals surface area contributed by atoms with Crippen molar-refractivity contribution in [2.24, 2.45) is 0 Å². The van der Waals surface area contributed by atoms with Crippen molar-refractivity contribution in [3.05, 3.63) is 59.9 Å². The van der Waals surface area contributed by atoms with Crippen LogP contribution in [0.5, 0.6) is 5.75 Å². The van der Waals surface area contributed by atoms with Gasteiger partial charge in [0.15, 0.2) is 11.6 Å². The molecule has 1 fully saturated rings. The Morgan fingerprint density at radius 1 is 1.25 bits per heavy atom. The van der Waals surface area contributed by atoms with Crippen molar-refractivity contribution in [2.45, 2.75) is 37.9 Å². The zero-order valence-corrected chi connectivity index (χ0v) is 19.5. The SMILES string of the molecule is CC(NC(=O)N1CCC2(C1)OCCn1nc(-c3cnc(N)c(OC(F)(F)F)c3)cc12)c1ccccc1. The van der Waals surface area contributed by atoms with Crippen LogP contribution in [-0.2, 0) is 16.9 Å². The molecule has 5 rings (SSSR count). The van der Waals surface area contributed by atoms with E-state index in [0.29, 0.717) is 43.9 Å². The predicted octanol–water partition coefficient (Wildman–Crippen LogP) is 3.83. The fourth-order valence-electron chi connectivity index (χ4n) is 4.68. The van der Waals surface area contributed by atoms with Gasteiger partial charge in [0.1, 0.15) is 5.60 Å². The predicted molar refractivity (Wildman–Crippen MR) is 124 cm³/mol. The molecule has 9 nitrogen and oxygen atoms in total. The maximum Gasteiger partial charge on any atom is 0.573 e. The summed E-state index contributed by atoms with van der Waals surface area (Å²) >= 11 is 0. The molecule has 2 aromatic heterocycles. The first kappa shape index (κ1) is 23.9. The van der Waals surface area contributed by atoms with Crippen LogP contribution in [0.2, 0.25) is 0 Å². The number of alkyl halides is 3. The first-order valence-electron chi connectivity index (χ1n) is 11.5. The van der Waals surface area contributed by atoms with Gasteiger partial charge in [0, 0.05) is 24.7 Å². The monoisotopic (exact) mass is 502 g/mol. The average molecular weight is 502 g/mol. The van der Waals surface area contributed by atoms with Crippen molar-refractivity contribution >= 4 is 11.8 Å². The van der Waals surface area contributed by atoms with E-state index < -0.39 is 17.7 Å². The van der Waals surface area contributed by atoms with Crippen LogP contribution in [0, 0.1) is 0 Å². The number of hydrogen-bond donors (Lipinski definition) is 2. The maximum atomic E-state index is 13.0. The minimum atomic E-state index is -4.90. The highest BCUT2D eigenvalue weighted by atomic mass is 19.4. The molecule has 0 radical (unpaired) electrons. The van der Waals surface area contributed by atoms with Gasteiger partial charge >= 0.3 is 12.4 Å². The van der Waals surface area contributed by atoms with E-state index in [-0.39, 0.29) is 17.9 Å². The van der Waals surface area contributed by atoms with E-state index in [1.165, 1.54) is 6.20 Å². The molecule has 1 spiro atoms. The van der Waals surface area contributed by atoms with Crippen LogP contribution < -0.4 is 15.8 Å².